The van der Waals surface area contributed by atoms with Crippen LogP contribution in [0.25, 0.3) is 0 Å². The monoisotopic (exact) mass is 301 g/mol. The van der Waals surface area contributed by atoms with Gasteiger partial charge < -0.3 is 9.80 Å². The van der Waals surface area contributed by atoms with Gasteiger partial charge >= 0.3 is 0 Å². The van der Waals surface area contributed by atoms with Gasteiger partial charge in [-0.15, -0.1) is 0 Å². The fraction of sp³-hybridized carbons (Fsp3) is 0.667. The summed E-state index contributed by atoms with van der Waals surface area (Å²) < 4.78 is 0. The predicted octanol–water partition coefficient (Wildman–Crippen LogP) is 3.09. The highest BCUT2D eigenvalue weighted by molar-refractivity contribution is 5.76. The summed E-state index contributed by atoms with van der Waals surface area (Å²) in [6.07, 6.45) is 10.3. The topological polar surface area (TPSA) is 36.4 Å². The Hall–Kier alpha value is -1.58. The van der Waals surface area contributed by atoms with Crippen LogP contribution in [-0.4, -0.2) is 42.0 Å². The molecule has 4 heteroatoms. The Morgan fingerprint density at radius 1 is 1.27 bits per heavy atom. The van der Waals surface area contributed by atoms with Gasteiger partial charge in [-0.25, -0.2) is 0 Å². The molecule has 0 aliphatic carbocycles. The van der Waals surface area contributed by atoms with Gasteiger partial charge in [-0.2, -0.15) is 0 Å². The van der Waals surface area contributed by atoms with Crippen LogP contribution in [0.3, 0.4) is 0 Å². The number of rotatable bonds is 3. The lowest BCUT2D eigenvalue weighted by molar-refractivity contribution is -0.135. The molecule has 3 rings (SSSR count). The Morgan fingerprint density at radius 3 is 2.77 bits per heavy atom. The molecule has 0 N–H and O–H groups in total. The van der Waals surface area contributed by atoms with E-state index in [1.165, 1.54) is 31.4 Å². The average molecular weight is 301 g/mol. The van der Waals surface area contributed by atoms with Crippen LogP contribution >= 0.6 is 0 Å². The number of amides is 1. The van der Waals surface area contributed by atoms with Gasteiger partial charge in [0, 0.05) is 38.8 Å². The summed E-state index contributed by atoms with van der Waals surface area (Å²) in [6.45, 7) is 6.20. The standard InChI is InChI=1S/C18H27N3O/c1-2-5-17(22)21-11-4-7-18(15-21)8-12-20(13-9-18)16-6-3-10-19-14-16/h3,6,10,14H,2,4-5,7-9,11-13,15H2,1H3. The summed E-state index contributed by atoms with van der Waals surface area (Å²) >= 11 is 0. The SMILES string of the molecule is CCCC(=O)N1CCCC2(CCN(c3cccnc3)CC2)C1. The zero-order valence-corrected chi connectivity index (χ0v) is 13.6. The van der Waals surface area contributed by atoms with E-state index in [2.05, 4.69) is 27.8 Å². The van der Waals surface area contributed by atoms with Crippen LogP contribution in [0.2, 0.25) is 0 Å². The first-order valence-electron chi connectivity index (χ1n) is 8.65. The summed E-state index contributed by atoms with van der Waals surface area (Å²) in [6, 6.07) is 4.15. The lowest BCUT2D eigenvalue weighted by Gasteiger charge is -2.48. The van der Waals surface area contributed by atoms with Gasteiger partial charge in [0.25, 0.3) is 0 Å². The van der Waals surface area contributed by atoms with E-state index in [1.54, 1.807) is 0 Å². The first-order valence-corrected chi connectivity index (χ1v) is 8.65. The van der Waals surface area contributed by atoms with E-state index in [9.17, 15) is 4.79 Å². The first-order chi connectivity index (χ1) is 10.7. The number of likely N-dealkylation sites (tertiary alicyclic amines) is 1. The van der Waals surface area contributed by atoms with Crippen molar-refractivity contribution in [3.63, 3.8) is 0 Å². The second-order valence-corrected chi connectivity index (χ2v) is 6.87. The number of piperidine rings is 2. The molecule has 0 atom stereocenters. The van der Waals surface area contributed by atoms with Gasteiger partial charge in [-0.05, 0) is 49.7 Å². The van der Waals surface area contributed by atoms with Crippen molar-refractivity contribution in [1.82, 2.24) is 9.88 Å². The molecule has 2 fully saturated rings. The van der Waals surface area contributed by atoms with Gasteiger partial charge in [0.15, 0.2) is 0 Å². The summed E-state index contributed by atoms with van der Waals surface area (Å²) in [4.78, 5) is 21.0. The number of aromatic nitrogens is 1. The molecule has 0 radical (unpaired) electrons. The summed E-state index contributed by atoms with van der Waals surface area (Å²) in [5.74, 6) is 0.358. The van der Waals surface area contributed by atoms with E-state index in [4.69, 9.17) is 0 Å². The molecule has 1 aromatic rings. The van der Waals surface area contributed by atoms with Crippen LogP contribution in [-0.2, 0) is 4.79 Å². The molecule has 1 spiro atoms. The highest BCUT2D eigenvalue weighted by Crippen LogP contribution is 2.40. The maximum Gasteiger partial charge on any atom is 0.222 e. The molecule has 0 aromatic carbocycles. The number of nitrogens with zero attached hydrogens (tertiary/aromatic N) is 3. The Labute approximate surface area is 133 Å². The zero-order valence-electron chi connectivity index (χ0n) is 13.6. The molecule has 2 aliphatic rings. The second kappa shape index (κ2) is 6.67. The minimum atomic E-state index is 0.358. The lowest BCUT2D eigenvalue weighted by Crippen LogP contribution is -2.51. The van der Waals surface area contributed by atoms with Crippen molar-refractivity contribution in [2.24, 2.45) is 5.41 Å². The first kappa shape index (κ1) is 15.3. The van der Waals surface area contributed by atoms with Crippen molar-refractivity contribution in [1.29, 1.82) is 0 Å². The molecule has 2 saturated heterocycles. The van der Waals surface area contributed by atoms with E-state index in [1.807, 2.05) is 18.5 Å². The maximum absolute atomic E-state index is 12.2. The molecule has 0 bridgehead atoms. The molecule has 22 heavy (non-hydrogen) atoms. The highest BCUT2D eigenvalue weighted by atomic mass is 16.2. The molecule has 0 saturated carbocycles. The Morgan fingerprint density at radius 2 is 2.09 bits per heavy atom. The fourth-order valence-electron chi connectivity index (χ4n) is 3.98. The molecule has 1 amide bonds. The molecule has 3 heterocycles. The highest BCUT2D eigenvalue weighted by Gasteiger charge is 2.39. The third-order valence-corrected chi connectivity index (χ3v) is 5.31. The van der Waals surface area contributed by atoms with Gasteiger partial charge in [0.1, 0.15) is 0 Å². The minimum Gasteiger partial charge on any atom is -0.370 e. The van der Waals surface area contributed by atoms with Crippen LogP contribution in [0.4, 0.5) is 5.69 Å². The zero-order chi connectivity index (χ0) is 15.4. The Kier molecular flexibility index (Phi) is 4.65. The van der Waals surface area contributed by atoms with Crippen molar-refractivity contribution < 1.29 is 4.79 Å². The number of carbonyl (C=O) groups is 1. The van der Waals surface area contributed by atoms with E-state index in [-0.39, 0.29) is 0 Å². The number of hydrogen-bond acceptors (Lipinski definition) is 3. The van der Waals surface area contributed by atoms with Crippen LogP contribution in [0.15, 0.2) is 24.5 Å². The van der Waals surface area contributed by atoms with E-state index in [0.717, 1.165) is 32.6 Å². The quantitative estimate of drug-likeness (QED) is 0.861. The van der Waals surface area contributed by atoms with Crippen LogP contribution in [0.1, 0.15) is 45.4 Å². The molecule has 120 valence electrons. The summed E-state index contributed by atoms with van der Waals surface area (Å²) in [5, 5.41) is 0. The molecule has 0 unspecified atom stereocenters. The van der Waals surface area contributed by atoms with E-state index < -0.39 is 0 Å². The summed E-state index contributed by atoms with van der Waals surface area (Å²) in [5.41, 5.74) is 1.59. The number of hydrogen-bond donors (Lipinski definition) is 0. The van der Waals surface area contributed by atoms with Crippen LogP contribution in [0.5, 0.6) is 0 Å². The van der Waals surface area contributed by atoms with Crippen LogP contribution < -0.4 is 4.90 Å². The largest absolute Gasteiger partial charge is 0.370 e. The number of carbonyl (C=O) groups excluding carboxylic acids is 1. The van der Waals surface area contributed by atoms with Gasteiger partial charge in [0.05, 0.1) is 11.9 Å². The van der Waals surface area contributed by atoms with Crippen molar-refractivity contribution in [3.05, 3.63) is 24.5 Å². The van der Waals surface area contributed by atoms with E-state index >= 15 is 0 Å². The van der Waals surface area contributed by atoms with E-state index in [0.29, 0.717) is 17.7 Å². The van der Waals surface area contributed by atoms with Crippen LogP contribution in [0, 0.1) is 5.41 Å². The molecule has 2 aliphatic heterocycles. The Bertz CT molecular complexity index is 494. The van der Waals surface area contributed by atoms with Gasteiger partial charge in [-0.1, -0.05) is 6.92 Å². The lowest BCUT2D eigenvalue weighted by atomic mass is 9.72. The molecular formula is C18H27N3O. The fourth-order valence-corrected chi connectivity index (χ4v) is 3.98. The third kappa shape index (κ3) is 3.26. The van der Waals surface area contributed by atoms with Crippen molar-refractivity contribution >= 4 is 11.6 Å². The molecule has 4 nitrogen and oxygen atoms in total. The average Bonchev–Trinajstić information content (AvgIpc) is 2.57. The van der Waals surface area contributed by atoms with Crippen molar-refractivity contribution in [2.45, 2.75) is 45.4 Å². The normalized spacial score (nSPS) is 21.1. The smallest absolute Gasteiger partial charge is 0.222 e. The number of anilines is 1. The number of pyridine rings is 1. The summed E-state index contributed by atoms with van der Waals surface area (Å²) in [7, 11) is 0. The van der Waals surface area contributed by atoms with Crippen molar-refractivity contribution in [2.75, 3.05) is 31.1 Å². The predicted molar refractivity (Wildman–Crippen MR) is 88.8 cm³/mol. The Balaban J connectivity index is 1.60. The molecule has 1 aromatic heterocycles. The second-order valence-electron chi connectivity index (χ2n) is 6.87. The maximum atomic E-state index is 12.2. The van der Waals surface area contributed by atoms with Crippen molar-refractivity contribution in [3.8, 4) is 0 Å². The van der Waals surface area contributed by atoms with Gasteiger partial charge in [-0.3, -0.25) is 9.78 Å². The third-order valence-electron chi connectivity index (χ3n) is 5.31. The molecular weight excluding hydrogens is 274 g/mol. The van der Waals surface area contributed by atoms with Gasteiger partial charge in [0.2, 0.25) is 5.91 Å². The minimum absolute atomic E-state index is 0.358.